The van der Waals surface area contributed by atoms with Gasteiger partial charge in [-0.05, 0) is 37.1 Å². The van der Waals surface area contributed by atoms with Crippen molar-refractivity contribution in [3.05, 3.63) is 60.9 Å². The average molecular weight is 406 g/mol. The minimum absolute atomic E-state index is 0.0881. The first-order valence-electron chi connectivity index (χ1n) is 10.1. The van der Waals surface area contributed by atoms with Crippen molar-refractivity contribution < 1.29 is 9.53 Å². The molecule has 2 amide bonds. The number of amides is 2. The van der Waals surface area contributed by atoms with Gasteiger partial charge in [0.05, 0.1) is 7.11 Å². The van der Waals surface area contributed by atoms with Crippen LogP contribution in [0.2, 0.25) is 0 Å². The molecule has 156 valence electrons. The van der Waals surface area contributed by atoms with Crippen molar-refractivity contribution in [1.82, 2.24) is 14.9 Å². The molecule has 7 heteroatoms. The molecule has 0 spiro atoms. The highest BCUT2D eigenvalue weighted by molar-refractivity contribution is 5.91. The lowest BCUT2D eigenvalue weighted by molar-refractivity contribution is 0.192. The number of aromatic amines is 1. The van der Waals surface area contributed by atoms with Crippen LogP contribution in [0.5, 0.6) is 0 Å². The quantitative estimate of drug-likeness (QED) is 0.620. The summed E-state index contributed by atoms with van der Waals surface area (Å²) in [4.78, 5) is 24.6. The third kappa shape index (κ3) is 3.96. The van der Waals surface area contributed by atoms with E-state index in [4.69, 9.17) is 4.74 Å². The van der Waals surface area contributed by atoms with E-state index < -0.39 is 0 Å². The molecule has 1 atom stereocenters. The van der Waals surface area contributed by atoms with Gasteiger partial charge in [0, 0.05) is 60.9 Å². The number of likely N-dealkylation sites (tertiary alicyclic amines) is 1. The zero-order chi connectivity index (χ0) is 21.1. The van der Waals surface area contributed by atoms with Crippen LogP contribution in [0.1, 0.15) is 18.4 Å². The Labute approximate surface area is 176 Å². The molecule has 0 saturated carbocycles. The van der Waals surface area contributed by atoms with Crippen LogP contribution >= 0.6 is 0 Å². The number of methoxy groups -OCH3 is 1. The molecule has 0 aliphatic carbocycles. The molecular formula is C23H27N5O2. The molecule has 1 saturated heterocycles. The summed E-state index contributed by atoms with van der Waals surface area (Å²) in [6.45, 7) is 5.29. The number of hydrogen-bond acceptors (Lipinski definition) is 4. The minimum Gasteiger partial charge on any atom is -0.497 e. The van der Waals surface area contributed by atoms with Gasteiger partial charge in [-0.2, -0.15) is 0 Å². The highest BCUT2D eigenvalue weighted by Gasteiger charge is 2.27. The maximum Gasteiger partial charge on any atom is 0.321 e. The zero-order valence-electron chi connectivity index (χ0n) is 17.4. The number of nitrogens with zero attached hydrogens (tertiary/aromatic N) is 3. The Morgan fingerprint density at radius 1 is 1.37 bits per heavy atom. The molecule has 7 nitrogen and oxygen atoms in total. The summed E-state index contributed by atoms with van der Waals surface area (Å²) in [5.41, 5.74) is 3.58. The second kappa shape index (κ2) is 8.49. The Morgan fingerprint density at radius 3 is 3.07 bits per heavy atom. The number of H-pyrrole nitrogens is 1. The Balaban J connectivity index is 1.45. The lowest BCUT2D eigenvalue weighted by Crippen LogP contribution is -2.50. The van der Waals surface area contributed by atoms with Crippen molar-refractivity contribution in [2.75, 3.05) is 37.5 Å². The van der Waals surface area contributed by atoms with E-state index >= 15 is 0 Å². The normalized spacial score (nSPS) is 16.3. The standard InChI is InChI=1S/C23H27N5O2/c1-16(30-3)17-6-4-7-18(14-17)26-23(29)28-13-5-8-19(15-28)27(2)21-10-12-25-22-20(21)9-11-24-22/h4,6-7,9-12,14,19H,1,5,8,13,15H2,2-3H3,(H,24,25)(H,26,29)/t19-/m1/s1. The summed E-state index contributed by atoms with van der Waals surface area (Å²) in [7, 11) is 3.68. The van der Waals surface area contributed by atoms with Crippen LogP contribution in [0, 0.1) is 0 Å². The van der Waals surface area contributed by atoms with E-state index in [1.165, 1.54) is 0 Å². The van der Waals surface area contributed by atoms with Gasteiger partial charge >= 0.3 is 6.03 Å². The van der Waals surface area contributed by atoms with Crippen molar-refractivity contribution in [3.63, 3.8) is 0 Å². The zero-order valence-corrected chi connectivity index (χ0v) is 17.4. The van der Waals surface area contributed by atoms with Crippen molar-refractivity contribution >= 4 is 34.2 Å². The second-order valence-corrected chi connectivity index (χ2v) is 7.56. The predicted octanol–water partition coefficient (Wildman–Crippen LogP) is 4.31. The van der Waals surface area contributed by atoms with E-state index in [0.29, 0.717) is 12.3 Å². The van der Waals surface area contributed by atoms with E-state index in [0.717, 1.165) is 47.4 Å². The van der Waals surface area contributed by atoms with Gasteiger partial charge in [-0.15, -0.1) is 0 Å². The molecule has 0 bridgehead atoms. The maximum atomic E-state index is 12.9. The fraction of sp³-hybridized carbons (Fsp3) is 0.304. The van der Waals surface area contributed by atoms with Crippen LogP contribution in [0.3, 0.4) is 0 Å². The van der Waals surface area contributed by atoms with Crippen molar-refractivity contribution in [2.24, 2.45) is 0 Å². The lowest BCUT2D eigenvalue weighted by Gasteiger charge is -2.38. The Morgan fingerprint density at radius 2 is 2.23 bits per heavy atom. The summed E-state index contributed by atoms with van der Waals surface area (Å²) in [5.74, 6) is 0.569. The van der Waals surface area contributed by atoms with Crippen LogP contribution < -0.4 is 10.2 Å². The molecule has 3 heterocycles. The number of nitrogens with one attached hydrogen (secondary N) is 2. The molecule has 4 rings (SSSR count). The largest absolute Gasteiger partial charge is 0.497 e. The van der Waals surface area contributed by atoms with Crippen LogP contribution in [0.4, 0.5) is 16.2 Å². The van der Waals surface area contributed by atoms with E-state index in [1.807, 2.05) is 53.7 Å². The molecule has 2 N–H and O–H groups in total. The Hall–Kier alpha value is -3.48. The molecule has 1 fully saturated rings. The molecule has 30 heavy (non-hydrogen) atoms. The first-order valence-corrected chi connectivity index (χ1v) is 10.1. The van der Waals surface area contributed by atoms with Gasteiger partial charge in [0.25, 0.3) is 0 Å². The van der Waals surface area contributed by atoms with Crippen molar-refractivity contribution in [2.45, 2.75) is 18.9 Å². The predicted molar refractivity (Wildman–Crippen MR) is 121 cm³/mol. The summed E-state index contributed by atoms with van der Waals surface area (Å²) < 4.78 is 5.19. The molecule has 2 aromatic heterocycles. The van der Waals surface area contributed by atoms with Crippen LogP contribution in [0.25, 0.3) is 16.8 Å². The summed E-state index contributed by atoms with van der Waals surface area (Å²) in [6.07, 6.45) is 5.73. The third-order valence-electron chi connectivity index (χ3n) is 5.73. The van der Waals surface area contributed by atoms with Gasteiger partial charge in [0.1, 0.15) is 11.4 Å². The lowest BCUT2D eigenvalue weighted by atomic mass is 10.0. The average Bonchev–Trinajstić information content (AvgIpc) is 3.27. The maximum absolute atomic E-state index is 12.9. The summed E-state index contributed by atoms with van der Waals surface area (Å²) in [5, 5.41) is 4.11. The Kier molecular flexibility index (Phi) is 5.61. The minimum atomic E-state index is -0.0881. The molecule has 1 aromatic carbocycles. The number of fused-ring (bicyclic) bond motifs is 1. The summed E-state index contributed by atoms with van der Waals surface area (Å²) >= 11 is 0. The third-order valence-corrected chi connectivity index (χ3v) is 5.73. The SMILES string of the molecule is C=C(OC)c1cccc(NC(=O)N2CCC[C@@H](N(C)c3ccnc4[nH]ccc34)C2)c1. The number of carbonyl (C=O) groups is 1. The topological polar surface area (TPSA) is 73.5 Å². The number of benzene rings is 1. The molecular weight excluding hydrogens is 378 g/mol. The smallest absolute Gasteiger partial charge is 0.321 e. The van der Waals surface area contributed by atoms with Gasteiger partial charge in [-0.25, -0.2) is 9.78 Å². The number of carbonyl (C=O) groups excluding carboxylic acids is 1. The number of piperidine rings is 1. The van der Waals surface area contributed by atoms with Crippen LogP contribution in [0.15, 0.2) is 55.4 Å². The number of hydrogen-bond donors (Lipinski definition) is 2. The molecule has 0 radical (unpaired) electrons. The Bertz CT molecular complexity index is 1060. The molecule has 1 aliphatic rings. The number of ether oxygens (including phenoxy) is 1. The number of anilines is 2. The van der Waals surface area contributed by atoms with Gasteiger partial charge in [-0.3, -0.25) is 0 Å². The molecule has 1 aliphatic heterocycles. The van der Waals surface area contributed by atoms with E-state index in [2.05, 4.69) is 33.8 Å². The highest BCUT2D eigenvalue weighted by atomic mass is 16.5. The fourth-order valence-electron chi connectivity index (χ4n) is 4.00. The van der Waals surface area contributed by atoms with E-state index in [-0.39, 0.29) is 12.1 Å². The monoisotopic (exact) mass is 405 g/mol. The van der Waals surface area contributed by atoms with Gasteiger partial charge in [0.2, 0.25) is 0 Å². The van der Waals surface area contributed by atoms with Crippen molar-refractivity contribution in [3.8, 4) is 0 Å². The van der Waals surface area contributed by atoms with Crippen molar-refractivity contribution in [1.29, 1.82) is 0 Å². The van der Waals surface area contributed by atoms with Gasteiger partial charge in [-0.1, -0.05) is 18.7 Å². The summed E-state index contributed by atoms with van der Waals surface area (Å²) in [6, 6.07) is 11.8. The first-order chi connectivity index (χ1) is 14.6. The highest BCUT2D eigenvalue weighted by Crippen LogP contribution is 2.28. The molecule has 3 aromatic rings. The number of aromatic nitrogens is 2. The molecule has 0 unspecified atom stereocenters. The number of pyridine rings is 1. The fourth-order valence-corrected chi connectivity index (χ4v) is 4.00. The first kappa shape index (κ1) is 19.8. The van der Waals surface area contributed by atoms with E-state index in [9.17, 15) is 4.79 Å². The van der Waals surface area contributed by atoms with Crippen LogP contribution in [-0.4, -0.2) is 54.2 Å². The number of likely N-dealkylation sites (N-methyl/N-ethyl adjacent to an activating group) is 1. The number of urea groups is 1. The van der Waals surface area contributed by atoms with Gasteiger partial charge in [0.15, 0.2) is 0 Å². The van der Waals surface area contributed by atoms with E-state index in [1.54, 1.807) is 7.11 Å². The second-order valence-electron chi connectivity index (χ2n) is 7.56. The van der Waals surface area contributed by atoms with Crippen LogP contribution in [-0.2, 0) is 4.74 Å². The number of rotatable bonds is 5. The van der Waals surface area contributed by atoms with Gasteiger partial charge < -0.3 is 24.8 Å².